The fraction of sp³-hybridized carbons (Fsp3) is 0.400. The summed E-state index contributed by atoms with van der Waals surface area (Å²) in [6.45, 7) is -1.02. The van der Waals surface area contributed by atoms with Crippen molar-refractivity contribution in [1.82, 2.24) is 25.4 Å². The first-order valence-corrected chi connectivity index (χ1v) is 3.74. The molecular weight excluding hydrogens is 208 g/mol. The van der Waals surface area contributed by atoms with E-state index in [1.165, 1.54) is 0 Å². The van der Waals surface area contributed by atoms with E-state index in [0.717, 1.165) is 0 Å². The number of hydroxylamine groups is 4. The van der Waals surface area contributed by atoms with E-state index >= 15 is 0 Å². The number of nitrogens with zero attached hydrogens (tertiary/aromatic N) is 5. The minimum Gasteiger partial charge on any atom is -0.762 e. The molecule has 15 heavy (non-hydrogen) atoms. The molecule has 84 valence electrons. The minimum absolute atomic E-state index is 0.100. The molecule has 0 aliphatic rings. The van der Waals surface area contributed by atoms with Crippen LogP contribution in [0.3, 0.4) is 0 Å². The molecule has 1 heterocycles. The maximum absolute atomic E-state index is 10.3. The zero-order chi connectivity index (χ0) is 11.4. The fourth-order valence-corrected chi connectivity index (χ4v) is 0.872. The summed E-state index contributed by atoms with van der Waals surface area (Å²) in [6, 6.07) is 0. The van der Waals surface area contributed by atoms with Gasteiger partial charge in [-0.25, -0.2) is 4.98 Å². The highest BCUT2D eigenvalue weighted by atomic mass is 16.8. The number of aromatic nitrogens is 3. The second-order valence-corrected chi connectivity index (χ2v) is 2.55. The number of hydrogen-bond donors (Lipinski definition) is 3. The highest BCUT2D eigenvalue weighted by Gasteiger charge is 2.04. The highest BCUT2D eigenvalue weighted by molar-refractivity contribution is 5.15. The number of anilines is 1. The molecule has 10 heteroatoms. The first-order chi connectivity index (χ1) is 6.97. The number of hydrogen-bond acceptors (Lipinski definition) is 10. The smallest absolute Gasteiger partial charge is 0.223 e. The second-order valence-electron chi connectivity index (χ2n) is 2.55. The number of rotatable bonds is 4. The molecule has 0 radical (unpaired) electrons. The molecule has 0 unspecified atom stereocenters. The molecule has 0 aromatic carbocycles. The molecule has 0 spiro atoms. The van der Waals surface area contributed by atoms with Crippen molar-refractivity contribution in [2.24, 2.45) is 0 Å². The monoisotopic (exact) mass is 216 g/mol. The third kappa shape index (κ3) is 4.07. The second kappa shape index (κ2) is 4.88. The molecule has 0 saturated heterocycles. The van der Waals surface area contributed by atoms with Crippen molar-refractivity contribution >= 4 is 5.95 Å². The van der Waals surface area contributed by atoms with Crippen LogP contribution in [0.1, 0.15) is 11.6 Å². The topological polar surface area (TPSA) is 158 Å². The van der Waals surface area contributed by atoms with E-state index in [1.807, 2.05) is 0 Å². The Kier molecular flexibility index (Phi) is 3.79. The fourth-order valence-electron chi connectivity index (χ4n) is 0.872. The summed E-state index contributed by atoms with van der Waals surface area (Å²) in [7, 11) is 0. The lowest BCUT2D eigenvalue weighted by Gasteiger charge is -2.20. The molecule has 10 nitrogen and oxygen atoms in total. The van der Waals surface area contributed by atoms with Crippen molar-refractivity contribution in [3.63, 3.8) is 0 Å². The van der Waals surface area contributed by atoms with Crippen LogP contribution >= 0.6 is 0 Å². The molecule has 0 atom stereocenters. The van der Waals surface area contributed by atoms with Crippen LogP contribution < -0.4 is 5.73 Å². The van der Waals surface area contributed by atoms with Crippen molar-refractivity contribution in [2.75, 3.05) is 5.73 Å². The maximum Gasteiger partial charge on any atom is 0.223 e. The lowest BCUT2D eigenvalue weighted by Crippen LogP contribution is -2.18. The summed E-state index contributed by atoms with van der Waals surface area (Å²) in [5.41, 5.74) is 5.24. The first-order valence-electron chi connectivity index (χ1n) is 3.74. The molecule has 0 amide bonds. The van der Waals surface area contributed by atoms with Crippen LogP contribution in [0.2, 0.25) is 0 Å². The molecule has 0 fully saturated rings. The van der Waals surface area contributed by atoms with Gasteiger partial charge in [0, 0.05) is 0 Å². The Balaban J connectivity index is 2.84. The van der Waals surface area contributed by atoms with Crippen molar-refractivity contribution in [3.05, 3.63) is 22.1 Å². The molecule has 0 bridgehead atoms. The molecular formula is C5H8N6O4-2. The number of nitrogens with two attached hydrogens (primary N) is 1. The first kappa shape index (κ1) is 11.6. The Morgan fingerprint density at radius 2 is 1.40 bits per heavy atom. The van der Waals surface area contributed by atoms with Gasteiger partial charge in [0.05, 0.1) is 13.1 Å². The average molecular weight is 216 g/mol. The van der Waals surface area contributed by atoms with Gasteiger partial charge in [-0.05, 0) is 0 Å². The zero-order valence-corrected chi connectivity index (χ0v) is 7.44. The van der Waals surface area contributed by atoms with Crippen LogP contribution in [0, 0.1) is 10.4 Å². The SMILES string of the molecule is Nc1nc(CN([O-])O)nc(CN([O-])O)n1. The Morgan fingerprint density at radius 3 is 1.73 bits per heavy atom. The van der Waals surface area contributed by atoms with Crippen molar-refractivity contribution < 1.29 is 10.4 Å². The van der Waals surface area contributed by atoms with E-state index in [-0.39, 0.29) is 17.6 Å². The van der Waals surface area contributed by atoms with Crippen molar-refractivity contribution in [1.29, 1.82) is 0 Å². The van der Waals surface area contributed by atoms with Crippen LogP contribution in [-0.4, -0.2) is 35.8 Å². The average Bonchev–Trinajstić information content (AvgIpc) is 1.98. The van der Waals surface area contributed by atoms with Gasteiger partial charge in [0.1, 0.15) is 11.6 Å². The molecule has 4 N–H and O–H groups in total. The summed E-state index contributed by atoms with van der Waals surface area (Å²) in [4.78, 5) is 10.7. The van der Waals surface area contributed by atoms with E-state index < -0.39 is 23.5 Å². The van der Waals surface area contributed by atoms with Crippen LogP contribution in [0.25, 0.3) is 0 Å². The summed E-state index contributed by atoms with van der Waals surface area (Å²) < 4.78 is 0. The third-order valence-electron chi connectivity index (χ3n) is 1.30. The van der Waals surface area contributed by atoms with E-state index in [1.54, 1.807) is 0 Å². The standard InChI is InChI=1S/C5H8N6O4/c6-5-8-3(1-10(12)13)7-4(9-5)2-11(14)15/h12,14H,1-2H2,(H2,6,7,8,9)/q-2. The maximum atomic E-state index is 10.3. The predicted molar refractivity (Wildman–Crippen MR) is 45.6 cm³/mol. The van der Waals surface area contributed by atoms with Crippen LogP contribution in [0.5, 0.6) is 0 Å². The van der Waals surface area contributed by atoms with Crippen LogP contribution in [0.4, 0.5) is 5.95 Å². The predicted octanol–water partition coefficient (Wildman–Crippen LogP) is -1.17. The van der Waals surface area contributed by atoms with E-state index in [4.69, 9.17) is 16.1 Å². The Hall–Kier alpha value is -1.43. The largest absolute Gasteiger partial charge is 0.762 e. The number of nitrogen functional groups attached to an aromatic ring is 1. The Morgan fingerprint density at radius 1 is 1.00 bits per heavy atom. The van der Waals surface area contributed by atoms with Gasteiger partial charge >= 0.3 is 0 Å². The zero-order valence-electron chi connectivity index (χ0n) is 7.44. The molecule has 1 rings (SSSR count). The minimum atomic E-state index is -0.510. The van der Waals surface area contributed by atoms with E-state index in [9.17, 15) is 10.4 Å². The van der Waals surface area contributed by atoms with E-state index in [2.05, 4.69) is 15.0 Å². The highest BCUT2D eigenvalue weighted by Crippen LogP contribution is 2.01. The summed E-state index contributed by atoms with van der Waals surface area (Å²) >= 11 is 0. The normalized spacial score (nSPS) is 11.3. The van der Waals surface area contributed by atoms with Gasteiger partial charge in [-0.15, -0.1) is 0 Å². The van der Waals surface area contributed by atoms with Crippen LogP contribution in [0.15, 0.2) is 0 Å². The van der Waals surface area contributed by atoms with Gasteiger partial charge in [-0.1, -0.05) is 0 Å². The summed E-state index contributed by atoms with van der Waals surface area (Å²) in [6.07, 6.45) is 0. The molecule has 1 aromatic heterocycles. The Bertz CT molecular complexity index is 303. The molecule has 1 aromatic rings. The van der Waals surface area contributed by atoms with Gasteiger partial charge < -0.3 is 26.6 Å². The molecule has 0 saturated carbocycles. The van der Waals surface area contributed by atoms with Crippen LogP contribution in [-0.2, 0) is 13.1 Å². The van der Waals surface area contributed by atoms with Gasteiger partial charge in [-0.2, -0.15) is 9.97 Å². The van der Waals surface area contributed by atoms with E-state index in [0.29, 0.717) is 0 Å². The lowest BCUT2D eigenvalue weighted by atomic mass is 10.5. The lowest BCUT2D eigenvalue weighted by molar-refractivity contribution is -0.0535. The van der Waals surface area contributed by atoms with Crippen molar-refractivity contribution in [3.8, 4) is 0 Å². The molecule has 0 aliphatic carbocycles. The summed E-state index contributed by atoms with van der Waals surface area (Å²) in [5.74, 6) is -0.410. The molecule has 0 aliphatic heterocycles. The van der Waals surface area contributed by atoms with Gasteiger partial charge in [0.2, 0.25) is 5.95 Å². The quantitative estimate of drug-likeness (QED) is 0.523. The van der Waals surface area contributed by atoms with Crippen molar-refractivity contribution in [2.45, 2.75) is 13.1 Å². The summed E-state index contributed by atoms with van der Waals surface area (Å²) in [5, 5.41) is 36.5. The van der Waals surface area contributed by atoms with Gasteiger partial charge in [0.15, 0.2) is 0 Å². The van der Waals surface area contributed by atoms with Gasteiger partial charge in [0.25, 0.3) is 0 Å². The Labute approximate surface area is 83.7 Å². The third-order valence-corrected chi connectivity index (χ3v) is 1.30. The van der Waals surface area contributed by atoms with Gasteiger partial charge in [-0.3, -0.25) is 10.5 Å².